The molecule has 0 spiro atoms. The number of halogens is 1. The Labute approximate surface area is 154 Å². The third-order valence-electron chi connectivity index (χ3n) is 4.13. The Morgan fingerprint density at radius 2 is 2.31 bits per heavy atom. The first-order valence-corrected chi connectivity index (χ1v) is 9.41. The van der Waals surface area contributed by atoms with Crippen molar-refractivity contribution in [2.24, 2.45) is 0 Å². The van der Waals surface area contributed by atoms with Crippen molar-refractivity contribution in [1.29, 1.82) is 0 Å². The number of nitrogens with zero attached hydrogens (tertiary/aromatic N) is 4. The molecule has 136 valence electrons. The predicted molar refractivity (Wildman–Crippen MR) is 95.8 cm³/mol. The summed E-state index contributed by atoms with van der Waals surface area (Å²) in [6.07, 6.45) is 2.22. The summed E-state index contributed by atoms with van der Waals surface area (Å²) in [5.74, 6) is 0.791. The summed E-state index contributed by atoms with van der Waals surface area (Å²) in [4.78, 5) is 9.01. The SMILES string of the molecule is Cc1nc(-c2nc(COCC3CCCO3)n(-c3cccc(F)c3)n2)cs1. The monoisotopic (exact) mass is 374 g/mol. The Morgan fingerprint density at radius 3 is 3.04 bits per heavy atom. The van der Waals surface area contributed by atoms with E-state index in [9.17, 15) is 4.39 Å². The van der Waals surface area contributed by atoms with Gasteiger partial charge in [-0.3, -0.25) is 0 Å². The predicted octanol–water partition coefficient (Wildman–Crippen LogP) is 3.53. The van der Waals surface area contributed by atoms with Crippen molar-refractivity contribution in [2.75, 3.05) is 13.2 Å². The molecule has 1 saturated heterocycles. The highest BCUT2D eigenvalue weighted by atomic mass is 32.1. The number of ether oxygens (including phenoxy) is 2. The summed E-state index contributed by atoms with van der Waals surface area (Å²) >= 11 is 1.54. The Kier molecular flexibility index (Phi) is 5.05. The van der Waals surface area contributed by atoms with E-state index in [1.165, 1.54) is 23.5 Å². The van der Waals surface area contributed by atoms with E-state index in [0.29, 0.717) is 29.6 Å². The van der Waals surface area contributed by atoms with Crippen molar-refractivity contribution in [3.05, 3.63) is 46.3 Å². The van der Waals surface area contributed by atoms with Gasteiger partial charge in [-0.2, -0.15) is 0 Å². The molecule has 4 rings (SSSR count). The van der Waals surface area contributed by atoms with Gasteiger partial charge < -0.3 is 9.47 Å². The maximum absolute atomic E-state index is 13.7. The number of rotatable bonds is 6. The first kappa shape index (κ1) is 17.3. The number of hydrogen-bond acceptors (Lipinski definition) is 6. The van der Waals surface area contributed by atoms with Crippen molar-refractivity contribution in [1.82, 2.24) is 19.7 Å². The molecule has 1 aromatic carbocycles. The molecule has 0 amide bonds. The topological polar surface area (TPSA) is 62.1 Å². The van der Waals surface area contributed by atoms with Crippen LogP contribution in [0.2, 0.25) is 0 Å². The molecule has 0 bridgehead atoms. The summed E-state index contributed by atoms with van der Waals surface area (Å²) in [5, 5.41) is 7.38. The number of hydrogen-bond donors (Lipinski definition) is 0. The normalized spacial score (nSPS) is 17.1. The van der Waals surface area contributed by atoms with Crippen LogP contribution in [-0.4, -0.2) is 39.1 Å². The molecule has 8 heteroatoms. The lowest BCUT2D eigenvalue weighted by molar-refractivity contribution is 0.00818. The van der Waals surface area contributed by atoms with E-state index in [4.69, 9.17) is 9.47 Å². The number of benzene rings is 1. The minimum absolute atomic E-state index is 0.140. The van der Waals surface area contributed by atoms with Crippen molar-refractivity contribution >= 4 is 11.3 Å². The quantitative estimate of drug-likeness (QED) is 0.660. The van der Waals surface area contributed by atoms with Crippen molar-refractivity contribution in [3.63, 3.8) is 0 Å². The van der Waals surface area contributed by atoms with Gasteiger partial charge in [0.1, 0.15) is 18.1 Å². The maximum Gasteiger partial charge on any atom is 0.201 e. The highest BCUT2D eigenvalue weighted by Crippen LogP contribution is 2.21. The number of thiazole rings is 1. The standard InChI is InChI=1S/C18H19FN4O2S/c1-12-20-16(11-26-12)18-21-17(10-24-9-15-6-3-7-25-15)23(22-18)14-5-2-4-13(19)8-14/h2,4-5,8,11,15H,3,6-7,9-10H2,1H3. The molecule has 3 aromatic rings. The minimum atomic E-state index is -0.324. The molecule has 1 unspecified atom stereocenters. The smallest absolute Gasteiger partial charge is 0.201 e. The van der Waals surface area contributed by atoms with Gasteiger partial charge in [-0.15, -0.1) is 16.4 Å². The summed E-state index contributed by atoms with van der Waals surface area (Å²) in [5.41, 5.74) is 1.31. The maximum atomic E-state index is 13.7. The third kappa shape index (κ3) is 3.82. The lowest BCUT2D eigenvalue weighted by Gasteiger charge is -2.10. The second-order valence-corrected chi connectivity index (χ2v) is 7.21. The zero-order valence-corrected chi connectivity index (χ0v) is 15.2. The fourth-order valence-corrected chi connectivity index (χ4v) is 3.48. The van der Waals surface area contributed by atoms with Crippen LogP contribution >= 0.6 is 11.3 Å². The van der Waals surface area contributed by atoms with Gasteiger partial charge in [0.05, 0.1) is 23.4 Å². The first-order valence-electron chi connectivity index (χ1n) is 8.53. The largest absolute Gasteiger partial charge is 0.376 e. The van der Waals surface area contributed by atoms with Crippen LogP contribution in [0.5, 0.6) is 0 Å². The molecular formula is C18H19FN4O2S. The van der Waals surface area contributed by atoms with Crippen molar-refractivity contribution < 1.29 is 13.9 Å². The molecule has 26 heavy (non-hydrogen) atoms. The van der Waals surface area contributed by atoms with Crippen molar-refractivity contribution in [3.8, 4) is 17.2 Å². The van der Waals surface area contributed by atoms with Crippen LogP contribution in [0.15, 0.2) is 29.6 Å². The van der Waals surface area contributed by atoms with Gasteiger partial charge in [-0.1, -0.05) is 6.07 Å². The molecule has 0 N–H and O–H groups in total. The van der Waals surface area contributed by atoms with E-state index in [0.717, 1.165) is 24.5 Å². The van der Waals surface area contributed by atoms with Crippen LogP contribution in [0.1, 0.15) is 23.7 Å². The van der Waals surface area contributed by atoms with Crippen LogP contribution in [-0.2, 0) is 16.1 Å². The highest BCUT2D eigenvalue weighted by Gasteiger charge is 2.18. The summed E-state index contributed by atoms with van der Waals surface area (Å²) < 4.78 is 26.6. The summed E-state index contributed by atoms with van der Waals surface area (Å²) in [7, 11) is 0. The van der Waals surface area contributed by atoms with E-state index in [1.54, 1.807) is 16.8 Å². The molecule has 2 aromatic heterocycles. The van der Waals surface area contributed by atoms with Gasteiger partial charge >= 0.3 is 0 Å². The molecule has 1 aliphatic heterocycles. The fourth-order valence-electron chi connectivity index (χ4n) is 2.88. The molecule has 0 saturated carbocycles. The van der Waals surface area contributed by atoms with E-state index < -0.39 is 0 Å². The van der Waals surface area contributed by atoms with Gasteiger partial charge in [0.25, 0.3) is 0 Å². The lowest BCUT2D eigenvalue weighted by atomic mass is 10.2. The molecular weight excluding hydrogens is 355 g/mol. The zero-order valence-electron chi connectivity index (χ0n) is 14.4. The van der Waals surface area contributed by atoms with Gasteiger partial charge in [0.2, 0.25) is 5.82 Å². The molecule has 3 heterocycles. The van der Waals surface area contributed by atoms with Crippen molar-refractivity contribution in [2.45, 2.75) is 32.5 Å². The van der Waals surface area contributed by atoms with E-state index >= 15 is 0 Å². The number of aryl methyl sites for hydroxylation is 1. The second-order valence-electron chi connectivity index (χ2n) is 6.15. The van der Waals surface area contributed by atoms with Gasteiger partial charge in [0, 0.05) is 12.0 Å². The van der Waals surface area contributed by atoms with Crippen LogP contribution in [0.4, 0.5) is 4.39 Å². The Balaban J connectivity index is 1.60. The Morgan fingerprint density at radius 1 is 1.38 bits per heavy atom. The van der Waals surface area contributed by atoms with E-state index in [2.05, 4.69) is 15.1 Å². The third-order valence-corrected chi connectivity index (χ3v) is 4.91. The van der Waals surface area contributed by atoms with E-state index in [1.807, 2.05) is 12.3 Å². The average molecular weight is 374 g/mol. The Hall–Kier alpha value is -2.16. The summed E-state index contributed by atoms with van der Waals surface area (Å²) in [6.45, 7) is 3.51. The van der Waals surface area contributed by atoms with Gasteiger partial charge in [0.15, 0.2) is 5.82 Å². The highest BCUT2D eigenvalue weighted by molar-refractivity contribution is 7.09. The molecule has 0 radical (unpaired) electrons. The van der Waals surface area contributed by atoms with Crippen LogP contribution < -0.4 is 0 Å². The average Bonchev–Trinajstić information content (AvgIpc) is 3.36. The zero-order chi connectivity index (χ0) is 17.9. The molecule has 1 atom stereocenters. The minimum Gasteiger partial charge on any atom is -0.376 e. The van der Waals surface area contributed by atoms with E-state index in [-0.39, 0.29) is 18.5 Å². The molecule has 1 aliphatic rings. The van der Waals surface area contributed by atoms with Gasteiger partial charge in [-0.05, 0) is 38.0 Å². The molecule has 6 nitrogen and oxygen atoms in total. The van der Waals surface area contributed by atoms with Gasteiger partial charge in [-0.25, -0.2) is 19.0 Å². The second kappa shape index (κ2) is 7.61. The molecule has 1 fully saturated rings. The lowest BCUT2D eigenvalue weighted by Crippen LogP contribution is -2.15. The summed E-state index contributed by atoms with van der Waals surface area (Å²) in [6, 6.07) is 6.26. The number of aromatic nitrogens is 4. The first-order chi connectivity index (χ1) is 12.7. The fraction of sp³-hybridized carbons (Fsp3) is 0.389. The van der Waals surface area contributed by atoms with Crippen LogP contribution in [0.3, 0.4) is 0 Å². The Bertz CT molecular complexity index is 889. The molecule has 0 aliphatic carbocycles. The van der Waals surface area contributed by atoms with Crippen LogP contribution in [0, 0.1) is 12.7 Å². The van der Waals surface area contributed by atoms with Crippen LogP contribution in [0.25, 0.3) is 17.2 Å².